The third kappa shape index (κ3) is 2.77. The Hall–Kier alpha value is -1.46. The van der Waals surface area contributed by atoms with Crippen LogP contribution in [0.25, 0.3) is 0 Å². The first-order valence-corrected chi connectivity index (χ1v) is 4.99. The highest BCUT2D eigenvalue weighted by molar-refractivity contribution is 5.80. The quantitative estimate of drug-likeness (QED) is 0.693. The van der Waals surface area contributed by atoms with Crippen LogP contribution in [-0.4, -0.2) is 36.3 Å². The van der Waals surface area contributed by atoms with Crippen molar-refractivity contribution in [3.8, 4) is 0 Å². The average Bonchev–Trinajstić information content (AvgIpc) is 2.30. The summed E-state index contributed by atoms with van der Waals surface area (Å²) >= 11 is 0. The summed E-state index contributed by atoms with van der Waals surface area (Å²) in [5, 5.41) is 12.2. The number of methoxy groups -OCH3 is 1. The summed E-state index contributed by atoms with van der Waals surface area (Å²) in [6.45, 7) is 2.54. The maximum absolute atomic E-state index is 11.3. The van der Waals surface area contributed by atoms with E-state index in [1.54, 1.807) is 38.6 Å². The smallest absolute Gasteiger partial charge is 0.328 e. The van der Waals surface area contributed by atoms with Gasteiger partial charge in [-0.05, 0) is 13.0 Å². The van der Waals surface area contributed by atoms with Crippen molar-refractivity contribution in [3.63, 3.8) is 0 Å². The molecule has 1 unspecified atom stereocenters. The number of hydrogen-bond acceptors (Lipinski definition) is 4. The molecule has 0 saturated carbocycles. The third-order valence-corrected chi connectivity index (χ3v) is 2.45. The molecular formula is C11H16N2O3. The van der Waals surface area contributed by atoms with E-state index in [0.29, 0.717) is 18.7 Å². The normalized spacial score (nSPS) is 14.4. The van der Waals surface area contributed by atoms with E-state index in [1.165, 1.54) is 0 Å². The van der Waals surface area contributed by atoms with Crippen LogP contribution in [0.1, 0.15) is 12.5 Å². The fourth-order valence-corrected chi connectivity index (χ4v) is 1.36. The van der Waals surface area contributed by atoms with Crippen LogP contribution in [0, 0.1) is 0 Å². The lowest BCUT2D eigenvalue weighted by molar-refractivity contribution is -0.144. The van der Waals surface area contributed by atoms with Gasteiger partial charge in [-0.3, -0.25) is 10.3 Å². The van der Waals surface area contributed by atoms with Gasteiger partial charge in [0, 0.05) is 31.6 Å². The minimum atomic E-state index is -1.13. The molecule has 1 rings (SSSR count). The zero-order chi connectivity index (χ0) is 12.0. The van der Waals surface area contributed by atoms with Crippen LogP contribution in [0.4, 0.5) is 0 Å². The van der Waals surface area contributed by atoms with Crippen LogP contribution in [0.15, 0.2) is 24.5 Å². The van der Waals surface area contributed by atoms with Gasteiger partial charge in [0.2, 0.25) is 0 Å². The lowest BCUT2D eigenvalue weighted by Crippen LogP contribution is -2.47. The number of aliphatic carboxylic acids is 1. The van der Waals surface area contributed by atoms with Gasteiger partial charge in [0.05, 0.1) is 6.61 Å². The molecule has 1 atom stereocenters. The first kappa shape index (κ1) is 12.6. The van der Waals surface area contributed by atoms with Gasteiger partial charge in [0.15, 0.2) is 0 Å². The van der Waals surface area contributed by atoms with Crippen molar-refractivity contribution in [3.05, 3.63) is 30.1 Å². The highest BCUT2D eigenvalue weighted by Gasteiger charge is 2.34. The SMILES string of the molecule is COCCNC(C)(C(=O)O)c1cccnc1. The fourth-order valence-electron chi connectivity index (χ4n) is 1.36. The molecule has 0 aliphatic carbocycles. The molecule has 0 saturated heterocycles. The number of nitrogens with zero attached hydrogens (tertiary/aromatic N) is 1. The van der Waals surface area contributed by atoms with Gasteiger partial charge < -0.3 is 9.84 Å². The Morgan fingerprint density at radius 3 is 2.94 bits per heavy atom. The van der Waals surface area contributed by atoms with Gasteiger partial charge in [-0.25, -0.2) is 4.79 Å². The second-order valence-corrected chi connectivity index (χ2v) is 3.59. The van der Waals surface area contributed by atoms with Crippen molar-refractivity contribution in [2.75, 3.05) is 20.3 Å². The molecule has 0 fully saturated rings. The highest BCUT2D eigenvalue weighted by Crippen LogP contribution is 2.19. The monoisotopic (exact) mass is 224 g/mol. The van der Waals surface area contributed by atoms with E-state index in [1.807, 2.05) is 0 Å². The Morgan fingerprint density at radius 1 is 1.69 bits per heavy atom. The maximum atomic E-state index is 11.3. The number of pyridine rings is 1. The molecule has 0 amide bonds. The van der Waals surface area contributed by atoms with Crippen LogP contribution in [0.2, 0.25) is 0 Å². The second-order valence-electron chi connectivity index (χ2n) is 3.59. The number of carboxylic acid groups (broad SMARTS) is 1. The molecule has 0 radical (unpaired) electrons. The molecule has 1 aromatic rings. The van der Waals surface area contributed by atoms with Gasteiger partial charge in [-0.1, -0.05) is 6.07 Å². The topological polar surface area (TPSA) is 71.5 Å². The summed E-state index contributed by atoms with van der Waals surface area (Å²) in [5.74, 6) is -0.934. The summed E-state index contributed by atoms with van der Waals surface area (Å²) in [6, 6.07) is 3.45. The van der Waals surface area contributed by atoms with Crippen molar-refractivity contribution in [2.45, 2.75) is 12.5 Å². The molecule has 5 heteroatoms. The van der Waals surface area contributed by atoms with Crippen LogP contribution in [0.3, 0.4) is 0 Å². The largest absolute Gasteiger partial charge is 0.480 e. The number of carboxylic acids is 1. The van der Waals surface area contributed by atoms with Gasteiger partial charge in [-0.15, -0.1) is 0 Å². The Labute approximate surface area is 94.5 Å². The molecule has 2 N–H and O–H groups in total. The van der Waals surface area contributed by atoms with Gasteiger partial charge in [0.1, 0.15) is 5.54 Å². The van der Waals surface area contributed by atoms with Crippen molar-refractivity contribution >= 4 is 5.97 Å². The van der Waals surface area contributed by atoms with Gasteiger partial charge >= 0.3 is 5.97 Å². The lowest BCUT2D eigenvalue weighted by atomic mass is 9.93. The molecule has 88 valence electrons. The summed E-state index contributed by atoms with van der Waals surface area (Å²) < 4.78 is 4.88. The van der Waals surface area contributed by atoms with Crippen LogP contribution < -0.4 is 5.32 Å². The zero-order valence-electron chi connectivity index (χ0n) is 9.43. The van der Waals surface area contributed by atoms with E-state index >= 15 is 0 Å². The molecule has 5 nitrogen and oxygen atoms in total. The van der Waals surface area contributed by atoms with E-state index in [4.69, 9.17) is 4.74 Å². The molecule has 16 heavy (non-hydrogen) atoms. The second kappa shape index (κ2) is 5.58. The van der Waals surface area contributed by atoms with Crippen molar-refractivity contribution < 1.29 is 14.6 Å². The predicted molar refractivity (Wildman–Crippen MR) is 59.1 cm³/mol. The summed E-state index contributed by atoms with van der Waals surface area (Å²) in [7, 11) is 1.57. The fraction of sp³-hybridized carbons (Fsp3) is 0.455. The van der Waals surface area contributed by atoms with Crippen LogP contribution in [-0.2, 0) is 15.1 Å². The number of rotatable bonds is 6. The van der Waals surface area contributed by atoms with E-state index < -0.39 is 11.5 Å². The predicted octanol–water partition coefficient (Wildman–Crippen LogP) is 0.617. The van der Waals surface area contributed by atoms with Gasteiger partial charge in [-0.2, -0.15) is 0 Å². The number of ether oxygens (including phenoxy) is 1. The maximum Gasteiger partial charge on any atom is 0.328 e. The minimum Gasteiger partial charge on any atom is -0.480 e. The molecule has 0 aromatic carbocycles. The van der Waals surface area contributed by atoms with Gasteiger partial charge in [0.25, 0.3) is 0 Å². The van der Waals surface area contributed by atoms with E-state index in [2.05, 4.69) is 10.3 Å². The van der Waals surface area contributed by atoms with Crippen molar-refractivity contribution in [2.24, 2.45) is 0 Å². The minimum absolute atomic E-state index is 0.461. The average molecular weight is 224 g/mol. The van der Waals surface area contributed by atoms with Crippen LogP contribution in [0.5, 0.6) is 0 Å². The van der Waals surface area contributed by atoms with E-state index in [-0.39, 0.29) is 0 Å². The lowest BCUT2D eigenvalue weighted by Gasteiger charge is -2.26. The van der Waals surface area contributed by atoms with Crippen molar-refractivity contribution in [1.29, 1.82) is 0 Å². The Morgan fingerprint density at radius 2 is 2.44 bits per heavy atom. The highest BCUT2D eigenvalue weighted by atomic mass is 16.5. The number of hydrogen-bond donors (Lipinski definition) is 2. The molecule has 0 aliphatic heterocycles. The summed E-state index contributed by atoms with van der Waals surface area (Å²) in [4.78, 5) is 15.2. The van der Waals surface area contributed by atoms with E-state index in [9.17, 15) is 9.90 Å². The molecule has 0 spiro atoms. The molecule has 1 aromatic heterocycles. The first-order valence-electron chi connectivity index (χ1n) is 4.99. The summed E-state index contributed by atoms with van der Waals surface area (Å²) in [6.07, 6.45) is 3.16. The van der Waals surface area contributed by atoms with Crippen molar-refractivity contribution in [1.82, 2.24) is 10.3 Å². The molecule has 0 bridgehead atoms. The molecular weight excluding hydrogens is 208 g/mol. The first-order chi connectivity index (χ1) is 7.61. The Bertz CT molecular complexity index is 342. The number of carbonyl (C=O) groups is 1. The number of aromatic nitrogens is 1. The third-order valence-electron chi connectivity index (χ3n) is 2.45. The molecule has 0 aliphatic rings. The zero-order valence-corrected chi connectivity index (χ0v) is 9.43. The van der Waals surface area contributed by atoms with Crippen LogP contribution >= 0.6 is 0 Å². The number of nitrogens with one attached hydrogen (secondary N) is 1. The molecule has 1 heterocycles. The van der Waals surface area contributed by atoms with E-state index in [0.717, 1.165) is 0 Å². The summed E-state index contributed by atoms with van der Waals surface area (Å²) in [5.41, 5.74) is -0.508. The Kier molecular flexibility index (Phi) is 4.39. The standard InChI is InChI=1S/C11H16N2O3/c1-11(10(14)15,13-6-7-16-2)9-4-3-5-12-8-9/h3-5,8,13H,6-7H2,1-2H3,(H,14,15). The Balaban J connectivity index is 2.85.